The summed E-state index contributed by atoms with van der Waals surface area (Å²) in [6, 6.07) is 9.58. The second-order valence-corrected chi connectivity index (χ2v) is 5.53. The number of hydrogen-bond acceptors (Lipinski definition) is 2. The number of benzene rings is 1. The van der Waals surface area contributed by atoms with Gasteiger partial charge in [-0.15, -0.1) is 0 Å². The molecule has 1 aromatic rings. The summed E-state index contributed by atoms with van der Waals surface area (Å²) in [4.78, 5) is 14.2. The topological polar surface area (TPSA) is 46.3 Å². The van der Waals surface area contributed by atoms with Crippen molar-refractivity contribution in [1.82, 2.24) is 4.90 Å². The first-order chi connectivity index (χ1) is 8.51. The third kappa shape index (κ3) is 2.91. The maximum Gasteiger partial charge on any atom is 0.246 e. The lowest BCUT2D eigenvalue weighted by Crippen LogP contribution is -2.49. The van der Waals surface area contributed by atoms with Gasteiger partial charge in [-0.25, -0.2) is 0 Å². The van der Waals surface area contributed by atoms with Gasteiger partial charge >= 0.3 is 0 Å². The van der Waals surface area contributed by atoms with Crippen LogP contribution in [0.3, 0.4) is 0 Å². The first kappa shape index (κ1) is 13.1. The van der Waals surface area contributed by atoms with Crippen LogP contribution in [0.4, 0.5) is 0 Å². The zero-order chi connectivity index (χ0) is 13.2. The molecule has 0 radical (unpaired) electrons. The summed E-state index contributed by atoms with van der Waals surface area (Å²) in [6.45, 7) is 2.60. The lowest BCUT2D eigenvalue weighted by Gasteiger charge is -2.29. The largest absolute Gasteiger partial charge is 0.344 e. The summed E-state index contributed by atoms with van der Waals surface area (Å²) in [5, 5.41) is 0. The van der Waals surface area contributed by atoms with E-state index in [-0.39, 0.29) is 5.91 Å². The van der Waals surface area contributed by atoms with Crippen LogP contribution in [0.1, 0.15) is 31.7 Å². The fourth-order valence-corrected chi connectivity index (χ4v) is 2.19. The van der Waals surface area contributed by atoms with Gasteiger partial charge in [-0.1, -0.05) is 43.2 Å². The lowest BCUT2D eigenvalue weighted by atomic mass is 9.91. The van der Waals surface area contributed by atoms with Gasteiger partial charge in [0.25, 0.3) is 0 Å². The molecule has 0 saturated heterocycles. The summed E-state index contributed by atoms with van der Waals surface area (Å²) in [5.74, 6) is 0.829. The molecule has 0 bridgehead atoms. The number of rotatable bonds is 5. The quantitative estimate of drug-likeness (QED) is 0.865. The third-order valence-electron chi connectivity index (χ3n) is 3.73. The number of likely N-dealkylation sites (N-methyl/N-ethyl adjacent to an activating group) is 1. The van der Waals surface area contributed by atoms with Gasteiger partial charge < -0.3 is 10.6 Å². The van der Waals surface area contributed by atoms with Crippen molar-refractivity contribution < 1.29 is 4.79 Å². The van der Waals surface area contributed by atoms with Crippen LogP contribution in [0.15, 0.2) is 30.3 Å². The fourth-order valence-electron chi connectivity index (χ4n) is 2.19. The van der Waals surface area contributed by atoms with Crippen LogP contribution in [0.2, 0.25) is 0 Å². The predicted molar refractivity (Wildman–Crippen MR) is 73.0 cm³/mol. The molecule has 0 spiro atoms. The zero-order valence-corrected chi connectivity index (χ0v) is 11.2. The van der Waals surface area contributed by atoms with Gasteiger partial charge in [0, 0.05) is 13.6 Å². The van der Waals surface area contributed by atoms with Crippen LogP contribution >= 0.6 is 0 Å². The Bertz CT molecular complexity index is 410. The van der Waals surface area contributed by atoms with E-state index in [1.807, 2.05) is 37.4 Å². The molecule has 0 aliphatic heterocycles. The van der Waals surface area contributed by atoms with E-state index in [4.69, 9.17) is 5.73 Å². The molecule has 3 nitrogen and oxygen atoms in total. The summed E-state index contributed by atoms with van der Waals surface area (Å²) in [5.41, 5.74) is 6.15. The molecule has 0 heterocycles. The molecule has 0 aromatic heterocycles. The van der Waals surface area contributed by atoms with E-state index >= 15 is 0 Å². The van der Waals surface area contributed by atoms with E-state index in [9.17, 15) is 4.79 Å². The molecule has 1 amide bonds. The first-order valence-electron chi connectivity index (χ1n) is 6.62. The summed E-state index contributed by atoms with van der Waals surface area (Å²) < 4.78 is 0. The van der Waals surface area contributed by atoms with Crippen LogP contribution in [-0.4, -0.2) is 24.4 Å². The van der Waals surface area contributed by atoms with Gasteiger partial charge in [-0.3, -0.25) is 4.79 Å². The van der Waals surface area contributed by atoms with Crippen molar-refractivity contribution >= 4 is 5.91 Å². The minimum absolute atomic E-state index is 0.00523. The summed E-state index contributed by atoms with van der Waals surface area (Å²) >= 11 is 0. The number of amides is 1. The standard InChI is InChI=1S/C15H22N2O/c1-15(16,13-6-4-3-5-7-13)14(18)17(2)11-10-12-8-9-12/h3-7,12H,8-11,16H2,1-2H3. The second-order valence-electron chi connectivity index (χ2n) is 5.53. The van der Waals surface area contributed by atoms with E-state index in [0.29, 0.717) is 0 Å². The molecule has 1 aliphatic rings. The summed E-state index contributed by atoms with van der Waals surface area (Å²) in [6.07, 6.45) is 3.74. The van der Waals surface area contributed by atoms with Crippen LogP contribution < -0.4 is 5.73 Å². The third-order valence-corrected chi connectivity index (χ3v) is 3.73. The van der Waals surface area contributed by atoms with Gasteiger partial charge in [-0.05, 0) is 24.8 Å². The highest BCUT2D eigenvalue weighted by Gasteiger charge is 2.33. The maximum atomic E-state index is 12.4. The van der Waals surface area contributed by atoms with Gasteiger partial charge in [0.15, 0.2) is 0 Å². The average molecular weight is 246 g/mol. The molecular weight excluding hydrogens is 224 g/mol. The van der Waals surface area contributed by atoms with Crippen molar-refractivity contribution in [2.45, 2.75) is 31.7 Å². The Balaban J connectivity index is 2.01. The first-order valence-corrected chi connectivity index (χ1v) is 6.62. The Kier molecular flexibility index (Phi) is 3.71. The molecule has 1 aromatic carbocycles. The molecule has 1 fully saturated rings. The molecular formula is C15H22N2O. The van der Waals surface area contributed by atoms with Crippen molar-refractivity contribution in [2.24, 2.45) is 11.7 Å². The predicted octanol–water partition coefficient (Wildman–Crippen LogP) is 2.12. The van der Waals surface area contributed by atoms with Crippen molar-refractivity contribution in [1.29, 1.82) is 0 Å². The number of nitrogens with zero attached hydrogens (tertiary/aromatic N) is 1. The summed E-state index contributed by atoms with van der Waals surface area (Å²) in [7, 11) is 1.85. The molecule has 2 rings (SSSR count). The van der Waals surface area contributed by atoms with Gasteiger partial charge in [-0.2, -0.15) is 0 Å². The average Bonchev–Trinajstić information content (AvgIpc) is 3.20. The smallest absolute Gasteiger partial charge is 0.246 e. The van der Waals surface area contributed by atoms with Crippen molar-refractivity contribution in [2.75, 3.05) is 13.6 Å². The Morgan fingerprint density at radius 1 is 1.39 bits per heavy atom. The highest BCUT2D eigenvalue weighted by atomic mass is 16.2. The molecule has 18 heavy (non-hydrogen) atoms. The zero-order valence-electron chi connectivity index (χ0n) is 11.2. The van der Waals surface area contributed by atoms with Gasteiger partial charge in [0.2, 0.25) is 5.91 Å². The number of carbonyl (C=O) groups excluding carboxylic acids is 1. The molecule has 98 valence electrons. The molecule has 1 unspecified atom stereocenters. The van der Waals surface area contributed by atoms with E-state index in [0.717, 1.165) is 24.4 Å². The molecule has 1 atom stereocenters. The van der Waals surface area contributed by atoms with Crippen molar-refractivity contribution in [3.63, 3.8) is 0 Å². The second kappa shape index (κ2) is 5.11. The highest BCUT2D eigenvalue weighted by Crippen LogP contribution is 2.32. The molecule has 1 saturated carbocycles. The van der Waals surface area contributed by atoms with Crippen LogP contribution in [0, 0.1) is 5.92 Å². The number of hydrogen-bond donors (Lipinski definition) is 1. The highest BCUT2D eigenvalue weighted by molar-refractivity contribution is 5.86. The lowest BCUT2D eigenvalue weighted by molar-refractivity contribution is -0.135. The normalized spacial score (nSPS) is 18.2. The van der Waals surface area contributed by atoms with Crippen molar-refractivity contribution in [3.05, 3.63) is 35.9 Å². The maximum absolute atomic E-state index is 12.4. The molecule has 1 aliphatic carbocycles. The fraction of sp³-hybridized carbons (Fsp3) is 0.533. The van der Waals surface area contributed by atoms with Crippen LogP contribution in [0.5, 0.6) is 0 Å². The minimum Gasteiger partial charge on any atom is -0.344 e. The van der Waals surface area contributed by atoms with Gasteiger partial charge in [0.05, 0.1) is 0 Å². The SMILES string of the molecule is CN(CCC1CC1)C(=O)C(C)(N)c1ccccc1. The Hall–Kier alpha value is -1.35. The van der Waals surface area contributed by atoms with Crippen LogP contribution in [0.25, 0.3) is 0 Å². The van der Waals surface area contributed by atoms with Crippen molar-refractivity contribution in [3.8, 4) is 0 Å². The molecule has 2 N–H and O–H groups in total. The number of carbonyl (C=O) groups is 1. The van der Waals surface area contributed by atoms with Gasteiger partial charge in [0.1, 0.15) is 5.54 Å². The Labute approximate surface area is 109 Å². The van der Waals surface area contributed by atoms with E-state index in [1.165, 1.54) is 12.8 Å². The van der Waals surface area contributed by atoms with E-state index in [2.05, 4.69) is 0 Å². The van der Waals surface area contributed by atoms with Crippen LogP contribution in [-0.2, 0) is 10.3 Å². The monoisotopic (exact) mass is 246 g/mol. The Morgan fingerprint density at radius 3 is 2.56 bits per heavy atom. The minimum atomic E-state index is -0.931. The van der Waals surface area contributed by atoms with E-state index in [1.54, 1.807) is 11.8 Å². The van der Waals surface area contributed by atoms with E-state index < -0.39 is 5.54 Å². The number of nitrogens with two attached hydrogens (primary N) is 1. The Morgan fingerprint density at radius 2 is 2.00 bits per heavy atom. The molecule has 3 heteroatoms.